The summed E-state index contributed by atoms with van der Waals surface area (Å²) in [5, 5.41) is 12.4. The van der Waals surface area contributed by atoms with Crippen LogP contribution < -0.4 is 9.64 Å². The molecule has 0 N–H and O–H groups in total. The molecular formula is C21H24N6O2. The fourth-order valence-corrected chi connectivity index (χ4v) is 4.20. The topological polar surface area (TPSA) is 75.9 Å². The van der Waals surface area contributed by atoms with E-state index in [9.17, 15) is 4.79 Å². The molecule has 1 aliphatic carbocycles. The summed E-state index contributed by atoms with van der Waals surface area (Å²) in [7, 11) is 1.68. The van der Waals surface area contributed by atoms with Gasteiger partial charge in [-0.3, -0.25) is 4.79 Å². The first-order chi connectivity index (χ1) is 14.1. The number of rotatable bonds is 4. The molecule has 3 heterocycles. The van der Waals surface area contributed by atoms with Crippen LogP contribution >= 0.6 is 0 Å². The third-order valence-electron chi connectivity index (χ3n) is 6.16. The van der Waals surface area contributed by atoms with Crippen molar-refractivity contribution in [3.05, 3.63) is 47.8 Å². The molecule has 2 aliphatic rings. The second-order valence-electron chi connectivity index (χ2n) is 7.87. The van der Waals surface area contributed by atoms with E-state index < -0.39 is 0 Å². The van der Waals surface area contributed by atoms with Crippen LogP contribution in [0, 0.1) is 6.92 Å². The van der Waals surface area contributed by atoms with E-state index in [2.05, 4.69) is 26.3 Å². The quantitative estimate of drug-likeness (QED) is 0.674. The first kappa shape index (κ1) is 17.9. The van der Waals surface area contributed by atoms with E-state index in [1.807, 2.05) is 36.1 Å². The highest BCUT2D eigenvalue weighted by Gasteiger charge is 2.53. The number of methoxy groups -OCH3 is 1. The third kappa shape index (κ3) is 2.99. The third-order valence-corrected chi connectivity index (χ3v) is 6.16. The van der Waals surface area contributed by atoms with Crippen molar-refractivity contribution < 1.29 is 9.53 Å². The number of carbonyl (C=O) groups is 1. The van der Waals surface area contributed by atoms with Crippen LogP contribution in [0.5, 0.6) is 5.75 Å². The summed E-state index contributed by atoms with van der Waals surface area (Å²) in [6.07, 6.45) is 3.42. The molecule has 8 heteroatoms. The Morgan fingerprint density at radius 1 is 1.10 bits per heavy atom. The number of ether oxygens (including phenoxy) is 1. The number of hydrogen-bond donors (Lipinski definition) is 0. The normalized spacial score (nSPS) is 18.1. The Labute approximate surface area is 169 Å². The minimum Gasteiger partial charge on any atom is -0.496 e. The summed E-state index contributed by atoms with van der Waals surface area (Å²) in [5.74, 6) is 1.97. The number of piperazine rings is 1. The molecule has 1 aliphatic heterocycles. The zero-order valence-electron chi connectivity index (χ0n) is 16.7. The largest absolute Gasteiger partial charge is 0.496 e. The maximum absolute atomic E-state index is 13.4. The summed E-state index contributed by atoms with van der Waals surface area (Å²) in [6, 6.07) is 10.0. The molecule has 0 atom stereocenters. The highest BCUT2D eigenvalue weighted by atomic mass is 16.5. The Kier molecular flexibility index (Phi) is 4.15. The Balaban J connectivity index is 1.29. The molecule has 0 spiro atoms. The predicted octanol–water partition coefficient (Wildman–Crippen LogP) is 1.82. The summed E-state index contributed by atoms with van der Waals surface area (Å²) >= 11 is 0. The van der Waals surface area contributed by atoms with E-state index >= 15 is 0 Å². The first-order valence-corrected chi connectivity index (χ1v) is 9.97. The highest BCUT2D eigenvalue weighted by Crippen LogP contribution is 2.50. The molecular weight excluding hydrogens is 368 g/mol. The fourth-order valence-electron chi connectivity index (χ4n) is 4.20. The molecule has 0 unspecified atom stereocenters. The number of fused-ring (bicyclic) bond motifs is 1. The van der Waals surface area contributed by atoms with Gasteiger partial charge in [0, 0.05) is 26.2 Å². The SMILES string of the molecule is COc1cc(C2(C(=O)N3CCN(c4ccc5nncn5n4)CC3)CC2)ccc1C. The summed E-state index contributed by atoms with van der Waals surface area (Å²) in [6.45, 7) is 4.95. The number of hydrogen-bond acceptors (Lipinski definition) is 6. The zero-order valence-corrected chi connectivity index (χ0v) is 16.7. The smallest absolute Gasteiger partial charge is 0.233 e. The predicted molar refractivity (Wildman–Crippen MR) is 108 cm³/mol. The van der Waals surface area contributed by atoms with Crippen LogP contribution in [-0.2, 0) is 10.2 Å². The maximum Gasteiger partial charge on any atom is 0.233 e. The van der Waals surface area contributed by atoms with Crippen molar-refractivity contribution in [3.63, 3.8) is 0 Å². The monoisotopic (exact) mass is 392 g/mol. The lowest BCUT2D eigenvalue weighted by Crippen LogP contribution is -2.51. The van der Waals surface area contributed by atoms with Gasteiger partial charge in [0.1, 0.15) is 17.9 Å². The molecule has 8 nitrogen and oxygen atoms in total. The van der Waals surface area contributed by atoms with Gasteiger partial charge in [-0.2, -0.15) is 4.52 Å². The lowest BCUT2D eigenvalue weighted by molar-refractivity contribution is -0.134. The van der Waals surface area contributed by atoms with Gasteiger partial charge in [-0.1, -0.05) is 12.1 Å². The molecule has 5 rings (SSSR count). The molecule has 1 amide bonds. The van der Waals surface area contributed by atoms with E-state index in [1.165, 1.54) is 0 Å². The van der Waals surface area contributed by atoms with Gasteiger partial charge in [0.2, 0.25) is 5.91 Å². The van der Waals surface area contributed by atoms with Gasteiger partial charge in [-0.25, -0.2) is 0 Å². The second-order valence-corrected chi connectivity index (χ2v) is 7.87. The van der Waals surface area contributed by atoms with Gasteiger partial charge in [-0.05, 0) is 49.1 Å². The molecule has 1 aromatic carbocycles. The molecule has 1 saturated carbocycles. The first-order valence-electron chi connectivity index (χ1n) is 9.97. The highest BCUT2D eigenvalue weighted by molar-refractivity contribution is 5.91. The van der Waals surface area contributed by atoms with Crippen LogP contribution in [0.3, 0.4) is 0 Å². The van der Waals surface area contributed by atoms with Gasteiger partial charge >= 0.3 is 0 Å². The van der Waals surface area contributed by atoms with Crippen molar-refractivity contribution in [2.45, 2.75) is 25.2 Å². The van der Waals surface area contributed by atoms with Crippen LogP contribution in [0.15, 0.2) is 36.7 Å². The number of nitrogens with zero attached hydrogens (tertiary/aromatic N) is 6. The average molecular weight is 392 g/mol. The van der Waals surface area contributed by atoms with Crippen molar-refractivity contribution in [2.24, 2.45) is 0 Å². The van der Waals surface area contributed by atoms with E-state index in [1.54, 1.807) is 18.0 Å². The molecule has 2 aromatic heterocycles. The number of benzene rings is 1. The van der Waals surface area contributed by atoms with Gasteiger partial charge < -0.3 is 14.5 Å². The van der Waals surface area contributed by atoms with Crippen LogP contribution in [0.1, 0.15) is 24.0 Å². The average Bonchev–Trinajstić information content (AvgIpc) is 3.44. The van der Waals surface area contributed by atoms with Gasteiger partial charge in [0.25, 0.3) is 0 Å². The van der Waals surface area contributed by atoms with Crippen molar-refractivity contribution in [3.8, 4) is 5.75 Å². The molecule has 2 fully saturated rings. The van der Waals surface area contributed by atoms with Crippen molar-refractivity contribution in [2.75, 3.05) is 38.2 Å². The fraction of sp³-hybridized carbons (Fsp3) is 0.429. The van der Waals surface area contributed by atoms with Crippen LogP contribution in [-0.4, -0.2) is 63.9 Å². The number of carbonyl (C=O) groups excluding carboxylic acids is 1. The molecule has 1 saturated heterocycles. The summed E-state index contributed by atoms with van der Waals surface area (Å²) in [5.41, 5.74) is 2.52. The molecule has 3 aromatic rings. The van der Waals surface area contributed by atoms with E-state index in [0.717, 1.165) is 54.3 Å². The standard InChI is InChI=1S/C21H24N6O2/c1-15-3-4-16(13-17(15)29-2)21(7-8-21)20(28)26-11-9-25(10-12-26)19-6-5-18-23-22-14-27(18)24-19/h3-6,13-14H,7-12H2,1-2H3. The molecule has 0 bridgehead atoms. The lowest BCUT2D eigenvalue weighted by Gasteiger charge is -2.37. The van der Waals surface area contributed by atoms with Gasteiger partial charge in [-0.15, -0.1) is 15.3 Å². The zero-order chi connectivity index (χ0) is 20.0. The minimum atomic E-state index is -0.372. The van der Waals surface area contributed by atoms with Crippen LogP contribution in [0.25, 0.3) is 5.65 Å². The van der Waals surface area contributed by atoms with Crippen LogP contribution in [0.4, 0.5) is 5.82 Å². The minimum absolute atomic E-state index is 0.241. The Hall–Kier alpha value is -3.16. The van der Waals surface area contributed by atoms with Crippen LogP contribution in [0.2, 0.25) is 0 Å². The number of anilines is 1. The number of amides is 1. The Morgan fingerprint density at radius 3 is 2.62 bits per heavy atom. The van der Waals surface area contributed by atoms with Crippen molar-refractivity contribution >= 4 is 17.4 Å². The second kappa shape index (κ2) is 6.72. The van der Waals surface area contributed by atoms with Crippen molar-refractivity contribution in [1.82, 2.24) is 24.7 Å². The molecule has 29 heavy (non-hydrogen) atoms. The van der Waals surface area contributed by atoms with Crippen molar-refractivity contribution in [1.29, 1.82) is 0 Å². The van der Waals surface area contributed by atoms with E-state index in [4.69, 9.17) is 4.74 Å². The Bertz CT molecular complexity index is 1070. The lowest BCUT2D eigenvalue weighted by atomic mass is 9.92. The summed E-state index contributed by atoms with van der Waals surface area (Å²) in [4.78, 5) is 17.6. The number of aryl methyl sites for hydroxylation is 1. The molecule has 150 valence electrons. The van der Waals surface area contributed by atoms with E-state index in [0.29, 0.717) is 13.1 Å². The Morgan fingerprint density at radius 2 is 1.90 bits per heavy atom. The van der Waals surface area contributed by atoms with Gasteiger partial charge in [0.15, 0.2) is 5.65 Å². The summed E-state index contributed by atoms with van der Waals surface area (Å²) < 4.78 is 7.15. The maximum atomic E-state index is 13.4. The number of aromatic nitrogens is 4. The van der Waals surface area contributed by atoms with E-state index in [-0.39, 0.29) is 11.3 Å². The molecule has 0 radical (unpaired) electrons. The van der Waals surface area contributed by atoms with Gasteiger partial charge in [0.05, 0.1) is 12.5 Å².